The van der Waals surface area contributed by atoms with Crippen molar-refractivity contribution < 1.29 is 14.0 Å². The van der Waals surface area contributed by atoms with Gasteiger partial charge in [-0.3, -0.25) is 10.1 Å². The molecule has 1 unspecified atom stereocenters. The first kappa shape index (κ1) is 16.9. The highest BCUT2D eigenvalue weighted by Crippen LogP contribution is 2.32. The lowest BCUT2D eigenvalue weighted by Crippen LogP contribution is -2.54. The van der Waals surface area contributed by atoms with Crippen LogP contribution in [-0.2, 0) is 4.79 Å². The molecule has 7 nitrogen and oxygen atoms in total. The highest BCUT2D eigenvalue weighted by Gasteiger charge is 2.48. The van der Waals surface area contributed by atoms with Crippen LogP contribution < -0.4 is 15.5 Å². The van der Waals surface area contributed by atoms with Crippen molar-refractivity contribution in [1.82, 2.24) is 20.6 Å². The average Bonchev–Trinajstić information content (AvgIpc) is 3.24. The van der Waals surface area contributed by atoms with Gasteiger partial charge in [-0.15, -0.1) is 0 Å². The number of anilines is 1. The SMILES string of the molecule is CC1(C2CCN(c3ncc(F)c(-c4ccsc4)n3)CC2)NC(=O)NC1=O. The van der Waals surface area contributed by atoms with E-state index in [4.69, 9.17) is 0 Å². The Labute approximate surface area is 153 Å². The normalized spacial score (nSPS) is 23.8. The minimum absolute atomic E-state index is 0.0296. The fourth-order valence-corrected chi connectivity index (χ4v) is 4.25. The zero-order chi connectivity index (χ0) is 18.3. The number of aromatic nitrogens is 2. The minimum Gasteiger partial charge on any atom is -0.341 e. The summed E-state index contributed by atoms with van der Waals surface area (Å²) in [5.74, 6) is -0.211. The molecule has 3 amide bonds. The minimum atomic E-state index is -0.880. The Bertz CT molecular complexity index is 851. The zero-order valence-electron chi connectivity index (χ0n) is 14.2. The molecular formula is C17H18FN5O2S. The highest BCUT2D eigenvalue weighted by molar-refractivity contribution is 7.08. The maximum atomic E-state index is 14.1. The number of carbonyl (C=O) groups is 2. The van der Waals surface area contributed by atoms with Crippen molar-refractivity contribution >= 4 is 29.2 Å². The molecule has 9 heteroatoms. The van der Waals surface area contributed by atoms with Crippen LogP contribution in [0.1, 0.15) is 19.8 Å². The predicted octanol–water partition coefficient (Wildman–Crippen LogP) is 2.16. The lowest BCUT2D eigenvalue weighted by atomic mass is 9.79. The van der Waals surface area contributed by atoms with Crippen LogP contribution in [0.25, 0.3) is 11.3 Å². The topological polar surface area (TPSA) is 87.2 Å². The fourth-order valence-electron chi connectivity index (χ4n) is 3.61. The van der Waals surface area contributed by atoms with Crippen LogP contribution in [-0.4, -0.2) is 40.5 Å². The van der Waals surface area contributed by atoms with Gasteiger partial charge in [0.15, 0.2) is 5.82 Å². The smallest absolute Gasteiger partial charge is 0.322 e. The lowest BCUT2D eigenvalue weighted by molar-refractivity contribution is -0.125. The van der Waals surface area contributed by atoms with Crippen LogP contribution in [0.2, 0.25) is 0 Å². The summed E-state index contributed by atoms with van der Waals surface area (Å²) in [5.41, 5.74) is 0.158. The van der Waals surface area contributed by atoms with Crippen molar-refractivity contribution in [2.24, 2.45) is 5.92 Å². The van der Waals surface area contributed by atoms with Gasteiger partial charge < -0.3 is 10.2 Å². The van der Waals surface area contributed by atoms with Crippen molar-refractivity contribution in [1.29, 1.82) is 0 Å². The Morgan fingerprint density at radius 1 is 1.35 bits per heavy atom. The largest absolute Gasteiger partial charge is 0.341 e. The van der Waals surface area contributed by atoms with Crippen LogP contribution in [0.15, 0.2) is 23.0 Å². The van der Waals surface area contributed by atoms with Crippen LogP contribution in [0.5, 0.6) is 0 Å². The summed E-state index contributed by atoms with van der Waals surface area (Å²) in [4.78, 5) is 34.1. The second kappa shape index (κ2) is 6.31. The van der Waals surface area contributed by atoms with Gasteiger partial charge in [0.25, 0.3) is 5.91 Å². The maximum absolute atomic E-state index is 14.1. The van der Waals surface area contributed by atoms with Gasteiger partial charge in [-0.25, -0.2) is 19.2 Å². The molecule has 0 spiro atoms. The number of hydrogen-bond acceptors (Lipinski definition) is 6. The second-order valence-corrected chi connectivity index (χ2v) is 7.53. The summed E-state index contributed by atoms with van der Waals surface area (Å²) in [6.45, 7) is 3.03. The van der Waals surface area contributed by atoms with Crippen LogP contribution in [0.3, 0.4) is 0 Å². The molecule has 0 aromatic carbocycles. The Hall–Kier alpha value is -2.55. The molecule has 0 aliphatic carbocycles. The number of hydrogen-bond donors (Lipinski definition) is 2. The molecule has 0 saturated carbocycles. The maximum Gasteiger partial charge on any atom is 0.322 e. The Morgan fingerprint density at radius 2 is 2.12 bits per heavy atom. The predicted molar refractivity (Wildman–Crippen MR) is 95.3 cm³/mol. The molecule has 2 aliphatic heterocycles. The first-order valence-electron chi connectivity index (χ1n) is 8.41. The van der Waals surface area contributed by atoms with Gasteiger partial charge in [-0.05, 0) is 37.1 Å². The number of nitrogens with one attached hydrogen (secondary N) is 2. The molecule has 2 N–H and O–H groups in total. The number of rotatable bonds is 3. The molecule has 4 rings (SSSR count). The van der Waals surface area contributed by atoms with Crippen LogP contribution >= 0.6 is 11.3 Å². The number of urea groups is 1. The van der Waals surface area contributed by atoms with Crippen LogP contribution in [0, 0.1) is 11.7 Å². The van der Waals surface area contributed by atoms with E-state index in [2.05, 4.69) is 20.6 Å². The van der Waals surface area contributed by atoms with Gasteiger partial charge in [0.2, 0.25) is 5.95 Å². The second-order valence-electron chi connectivity index (χ2n) is 6.75. The molecule has 2 aromatic heterocycles. The number of piperidine rings is 1. The standard InChI is InChI=1S/C17H18FN5O2S/c1-17(14(24)21-16(25)22-17)11-2-5-23(6-3-11)15-19-8-12(18)13(20-15)10-4-7-26-9-10/h4,7-9,11H,2-3,5-6H2,1H3,(H2,21,22,24,25). The number of halogens is 1. The van der Waals surface area contributed by atoms with Crippen molar-refractivity contribution in [3.05, 3.63) is 28.8 Å². The van der Waals surface area contributed by atoms with E-state index in [9.17, 15) is 14.0 Å². The van der Waals surface area contributed by atoms with E-state index in [1.165, 1.54) is 17.5 Å². The number of nitrogens with zero attached hydrogens (tertiary/aromatic N) is 3. The van der Waals surface area contributed by atoms with Crippen molar-refractivity contribution in [2.45, 2.75) is 25.3 Å². The molecule has 2 saturated heterocycles. The molecule has 2 aromatic rings. The van der Waals surface area contributed by atoms with Gasteiger partial charge in [0.05, 0.1) is 6.20 Å². The molecule has 0 bridgehead atoms. The number of thiophene rings is 1. The summed E-state index contributed by atoms with van der Waals surface area (Å²) in [6.07, 6.45) is 2.62. The molecule has 1 atom stereocenters. The third kappa shape index (κ3) is 2.82. The molecule has 4 heterocycles. The van der Waals surface area contributed by atoms with E-state index in [1.54, 1.807) is 6.92 Å². The third-order valence-corrected chi connectivity index (χ3v) is 5.88. The Morgan fingerprint density at radius 3 is 2.73 bits per heavy atom. The molecule has 0 radical (unpaired) electrons. The van der Waals surface area contributed by atoms with E-state index in [0.717, 1.165) is 5.56 Å². The fraction of sp³-hybridized carbons (Fsp3) is 0.412. The van der Waals surface area contributed by atoms with Gasteiger partial charge in [-0.1, -0.05) is 0 Å². The first-order chi connectivity index (χ1) is 12.5. The highest BCUT2D eigenvalue weighted by atomic mass is 32.1. The van der Waals surface area contributed by atoms with E-state index < -0.39 is 17.4 Å². The summed E-state index contributed by atoms with van der Waals surface area (Å²) in [6, 6.07) is 1.39. The quantitative estimate of drug-likeness (QED) is 0.803. The van der Waals surface area contributed by atoms with Gasteiger partial charge in [0.1, 0.15) is 11.2 Å². The van der Waals surface area contributed by atoms with Crippen molar-refractivity contribution in [3.8, 4) is 11.3 Å². The number of imide groups is 1. The van der Waals surface area contributed by atoms with Crippen molar-refractivity contribution in [3.63, 3.8) is 0 Å². The van der Waals surface area contributed by atoms with Gasteiger partial charge in [0, 0.05) is 24.0 Å². The lowest BCUT2D eigenvalue weighted by Gasteiger charge is -2.38. The molecule has 2 aliphatic rings. The molecule has 2 fully saturated rings. The Balaban J connectivity index is 1.50. The van der Waals surface area contributed by atoms with Crippen molar-refractivity contribution in [2.75, 3.05) is 18.0 Å². The molecule has 26 heavy (non-hydrogen) atoms. The average molecular weight is 375 g/mol. The zero-order valence-corrected chi connectivity index (χ0v) is 15.0. The molecule has 136 valence electrons. The van der Waals surface area contributed by atoms with Gasteiger partial charge in [-0.2, -0.15) is 11.3 Å². The third-order valence-electron chi connectivity index (χ3n) is 5.19. The summed E-state index contributed by atoms with van der Waals surface area (Å²) in [7, 11) is 0. The van der Waals surface area contributed by atoms with E-state index in [-0.39, 0.29) is 11.8 Å². The van der Waals surface area contributed by atoms with E-state index in [0.29, 0.717) is 37.6 Å². The van der Waals surface area contributed by atoms with E-state index >= 15 is 0 Å². The first-order valence-corrected chi connectivity index (χ1v) is 9.35. The number of carbonyl (C=O) groups excluding carboxylic acids is 2. The summed E-state index contributed by atoms with van der Waals surface area (Å²) >= 11 is 1.49. The van der Waals surface area contributed by atoms with Crippen LogP contribution in [0.4, 0.5) is 15.1 Å². The monoisotopic (exact) mass is 375 g/mol. The number of amides is 3. The summed E-state index contributed by atoms with van der Waals surface area (Å²) < 4.78 is 14.1. The molecular weight excluding hydrogens is 357 g/mol. The summed E-state index contributed by atoms with van der Waals surface area (Å²) in [5, 5.41) is 8.78. The Kier molecular flexibility index (Phi) is 4.10. The van der Waals surface area contributed by atoms with E-state index in [1.807, 2.05) is 21.7 Å². The van der Waals surface area contributed by atoms with Gasteiger partial charge >= 0.3 is 6.03 Å².